The second kappa shape index (κ2) is 9.25. The molecule has 4 aliphatic rings. The molecule has 0 aromatic carbocycles. The third kappa shape index (κ3) is 4.40. The maximum atomic E-state index is 10.2. The summed E-state index contributed by atoms with van der Waals surface area (Å²) in [5, 5.41) is 10.2. The quantitative estimate of drug-likeness (QED) is 0.348. The molecular formula is C30H50O. The largest absolute Gasteiger partial charge is 0.393 e. The highest BCUT2D eigenvalue weighted by atomic mass is 16.3. The summed E-state index contributed by atoms with van der Waals surface area (Å²) >= 11 is 0. The molecule has 6 unspecified atom stereocenters. The van der Waals surface area contributed by atoms with E-state index in [9.17, 15) is 5.11 Å². The Morgan fingerprint density at radius 1 is 1.06 bits per heavy atom. The molecule has 7 atom stereocenters. The lowest BCUT2D eigenvalue weighted by Gasteiger charge is -2.59. The molecule has 0 saturated heterocycles. The Labute approximate surface area is 193 Å². The van der Waals surface area contributed by atoms with Gasteiger partial charge in [-0.15, -0.1) is 12.8 Å². The van der Waals surface area contributed by atoms with E-state index in [2.05, 4.69) is 60.5 Å². The Morgan fingerprint density at radius 3 is 2.45 bits per heavy atom. The number of rotatable bonds is 5. The number of hydrogen-bond donors (Lipinski definition) is 1. The number of aliphatic hydroxyl groups is 1. The Balaban J connectivity index is 0.00000132. The van der Waals surface area contributed by atoms with Crippen molar-refractivity contribution in [2.24, 2.45) is 45.8 Å². The van der Waals surface area contributed by atoms with Gasteiger partial charge in [-0.25, -0.2) is 0 Å². The van der Waals surface area contributed by atoms with Gasteiger partial charge in [-0.2, -0.15) is 0 Å². The van der Waals surface area contributed by atoms with Gasteiger partial charge in [0.05, 0.1) is 6.10 Å². The van der Waals surface area contributed by atoms with Gasteiger partial charge in [0.25, 0.3) is 0 Å². The van der Waals surface area contributed by atoms with Crippen LogP contribution in [0.3, 0.4) is 0 Å². The van der Waals surface area contributed by atoms with E-state index in [0.29, 0.717) is 16.2 Å². The molecule has 0 bridgehead atoms. The number of terminal acetylenes is 1. The third-order valence-corrected chi connectivity index (χ3v) is 10.6. The van der Waals surface area contributed by atoms with Crippen LogP contribution in [0.2, 0.25) is 0 Å². The maximum absolute atomic E-state index is 10.2. The summed E-state index contributed by atoms with van der Waals surface area (Å²) in [5.74, 6) is 4.44. The zero-order valence-corrected chi connectivity index (χ0v) is 21.4. The number of fused-ring (bicyclic) bond motifs is 5. The molecule has 0 radical (unpaired) electrons. The number of aliphatic hydroxyl groups excluding tert-OH is 1. The summed E-state index contributed by atoms with van der Waals surface area (Å²) < 4.78 is 0. The minimum absolute atomic E-state index is 0.0813. The molecule has 1 nitrogen and oxygen atoms in total. The molecule has 3 saturated carbocycles. The van der Waals surface area contributed by atoms with Gasteiger partial charge >= 0.3 is 0 Å². The van der Waals surface area contributed by atoms with E-state index in [-0.39, 0.29) is 6.10 Å². The van der Waals surface area contributed by atoms with Crippen molar-refractivity contribution in [2.75, 3.05) is 0 Å². The highest BCUT2D eigenvalue weighted by Gasteiger charge is 2.60. The first-order valence-electron chi connectivity index (χ1n) is 13.3. The van der Waals surface area contributed by atoms with E-state index in [1.165, 1.54) is 57.8 Å². The average Bonchev–Trinajstić information content (AvgIpc) is 3.08. The van der Waals surface area contributed by atoms with Crippen molar-refractivity contribution in [1.29, 1.82) is 0 Å². The minimum Gasteiger partial charge on any atom is -0.393 e. The van der Waals surface area contributed by atoms with Crippen LogP contribution in [0.1, 0.15) is 112 Å². The number of hydrogen-bond acceptors (Lipinski definition) is 1. The molecule has 176 valence electrons. The van der Waals surface area contributed by atoms with Crippen molar-refractivity contribution in [3.63, 3.8) is 0 Å². The molecule has 0 amide bonds. The molecular weight excluding hydrogens is 376 g/mol. The van der Waals surface area contributed by atoms with Crippen LogP contribution in [0.25, 0.3) is 0 Å². The van der Waals surface area contributed by atoms with Crippen LogP contribution in [0.4, 0.5) is 0 Å². The van der Waals surface area contributed by atoms with Crippen molar-refractivity contribution in [1.82, 2.24) is 0 Å². The standard InChI is InChI=1S/C28H48O.C2H2/c1-19(2)8-7-15-26(3,4)25-12-11-23-22-10-9-20-18-21(29)13-16-27(20,5)24(22)14-17-28(23,25)6;1-2/h9,19,21-25,29H,7-8,10-18H2,1-6H3;1-2H/t21?,22?,23?,24?,25-,27?,28?;/m1./s1. The molecule has 0 aromatic heterocycles. The van der Waals surface area contributed by atoms with E-state index in [1.54, 1.807) is 5.57 Å². The SMILES string of the molecule is C#C.CC(C)CCCC(C)(C)[C@H]1CCC2C3CC=C4CC(O)CCC4(C)C3CCC21C. The lowest BCUT2D eigenvalue weighted by molar-refractivity contribution is -0.0695. The Morgan fingerprint density at radius 2 is 1.77 bits per heavy atom. The van der Waals surface area contributed by atoms with E-state index in [4.69, 9.17) is 0 Å². The first-order valence-corrected chi connectivity index (χ1v) is 13.3. The monoisotopic (exact) mass is 426 g/mol. The molecule has 4 rings (SSSR count). The molecule has 1 heteroatoms. The van der Waals surface area contributed by atoms with Crippen molar-refractivity contribution < 1.29 is 5.11 Å². The molecule has 0 heterocycles. The van der Waals surface area contributed by atoms with Crippen molar-refractivity contribution in [3.8, 4) is 12.8 Å². The molecule has 0 spiro atoms. The van der Waals surface area contributed by atoms with E-state index >= 15 is 0 Å². The van der Waals surface area contributed by atoms with Gasteiger partial charge in [-0.1, -0.05) is 66.0 Å². The van der Waals surface area contributed by atoms with Crippen LogP contribution in [-0.2, 0) is 0 Å². The highest BCUT2D eigenvalue weighted by molar-refractivity contribution is 5.25. The van der Waals surface area contributed by atoms with Gasteiger partial charge in [0.2, 0.25) is 0 Å². The van der Waals surface area contributed by atoms with Crippen LogP contribution < -0.4 is 0 Å². The smallest absolute Gasteiger partial charge is 0.0577 e. The fourth-order valence-electron chi connectivity index (χ4n) is 9.07. The summed E-state index contributed by atoms with van der Waals surface area (Å²) in [6.45, 7) is 15.2. The second-order valence-corrected chi connectivity index (χ2v) is 13.1. The summed E-state index contributed by atoms with van der Waals surface area (Å²) in [7, 11) is 0. The van der Waals surface area contributed by atoms with Crippen LogP contribution in [-0.4, -0.2) is 11.2 Å². The van der Waals surface area contributed by atoms with Gasteiger partial charge < -0.3 is 5.11 Å². The van der Waals surface area contributed by atoms with Crippen LogP contribution in [0, 0.1) is 58.7 Å². The van der Waals surface area contributed by atoms with Crippen molar-refractivity contribution in [2.45, 2.75) is 118 Å². The minimum atomic E-state index is -0.0813. The van der Waals surface area contributed by atoms with Crippen molar-refractivity contribution >= 4 is 0 Å². The predicted octanol–water partition coefficient (Wildman–Crippen LogP) is 8.03. The molecule has 31 heavy (non-hydrogen) atoms. The summed E-state index contributed by atoms with van der Waals surface area (Å²) in [5.41, 5.74) is 3.04. The molecule has 0 aromatic rings. The van der Waals surface area contributed by atoms with Gasteiger partial charge in [-0.05, 0) is 104 Å². The lowest BCUT2D eigenvalue weighted by Crippen LogP contribution is -2.51. The van der Waals surface area contributed by atoms with E-state index in [1.807, 2.05) is 0 Å². The normalized spacial score (nSPS) is 42.0. The maximum Gasteiger partial charge on any atom is 0.0577 e. The van der Waals surface area contributed by atoms with E-state index < -0.39 is 0 Å². The summed E-state index contributed by atoms with van der Waals surface area (Å²) in [6, 6.07) is 0. The van der Waals surface area contributed by atoms with Gasteiger partial charge in [0.1, 0.15) is 0 Å². The molecule has 1 N–H and O–H groups in total. The number of allylic oxidation sites excluding steroid dienone is 1. The highest BCUT2D eigenvalue weighted by Crippen LogP contribution is 2.68. The van der Waals surface area contributed by atoms with Crippen LogP contribution in [0.15, 0.2) is 11.6 Å². The summed E-state index contributed by atoms with van der Waals surface area (Å²) in [4.78, 5) is 0. The summed E-state index contributed by atoms with van der Waals surface area (Å²) in [6.07, 6.45) is 25.0. The van der Waals surface area contributed by atoms with Crippen LogP contribution >= 0.6 is 0 Å². The fraction of sp³-hybridized carbons (Fsp3) is 0.867. The average molecular weight is 427 g/mol. The van der Waals surface area contributed by atoms with E-state index in [0.717, 1.165) is 42.4 Å². The first kappa shape index (κ1) is 24.9. The lowest BCUT2D eigenvalue weighted by atomic mass is 9.46. The third-order valence-electron chi connectivity index (χ3n) is 10.6. The second-order valence-electron chi connectivity index (χ2n) is 13.1. The van der Waals surface area contributed by atoms with Gasteiger partial charge in [-0.3, -0.25) is 0 Å². The van der Waals surface area contributed by atoms with Gasteiger partial charge in [0, 0.05) is 0 Å². The fourth-order valence-corrected chi connectivity index (χ4v) is 9.07. The molecule has 0 aliphatic heterocycles. The Bertz CT molecular complexity index is 669. The zero-order chi connectivity index (χ0) is 23.0. The zero-order valence-electron chi connectivity index (χ0n) is 21.4. The van der Waals surface area contributed by atoms with Crippen molar-refractivity contribution in [3.05, 3.63) is 11.6 Å². The van der Waals surface area contributed by atoms with Gasteiger partial charge in [0.15, 0.2) is 0 Å². The predicted molar refractivity (Wildman–Crippen MR) is 134 cm³/mol. The molecule has 4 aliphatic carbocycles. The first-order chi connectivity index (χ1) is 14.6. The molecule has 3 fully saturated rings. The topological polar surface area (TPSA) is 20.2 Å². The van der Waals surface area contributed by atoms with Crippen LogP contribution in [0.5, 0.6) is 0 Å². The Hall–Kier alpha value is -0.740. The Kier molecular flexibility index (Phi) is 7.43.